The second-order valence-corrected chi connectivity index (χ2v) is 7.33. The van der Waals surface area contributed by atoms with Crippen molar-refractivity contribution in [2.45, 2.75) is 45.6 Å². The van der Waals surface area contributed by atoms with Gasteiger partial charge in [0.2, 0.25) is 0 Å². The number of allylic oxidation sites excluding steroid dienone is 1. The molecule has 30 heavy (non-hydrogen) atoms. The first-order valence-electron chi connectivity index (χ1n) is 10.7. The van der Waals surface area contributed by atoms with E-state index in [1.54, 1.807) is 13.2 Å². The Hall–Kier alpha value is -2.95. The molecule has 0 radical (unpaired) electrons. The van der Waals surface area contributed by atoms with Crippen LogP contribution in [0.5, 0.6) is 17.2 Å². The van der Waals surface area contributed by atoms with Crippen molar-refractivity contribution < 1.29 is 19.0 Å². The lowest BCUT2D eigenvalue weighted by molar-refractivity contribution is 0.0954. The summed E-state index contributed by atoms with van der Waals surface area (Å²) >= 11 is 0. The largest absolute Gasteiger partial charge is 0.497 e. The maximum atomic E-state index is 12.6. The van der Waals surface area contributed by atoms with Crippen LogP contribution in [0.4, 0.5) is 0 Å². The van der Waals surface area contributed by atoms with Crippen LogP contribution in [0.15, 0.2) is 54.1 Å². The molecule has 0 unspecified atom stereocenters. The van der Waals surface area contributed by atoms with E-state index in [2.05, 4.69) is 11.4 Å². The molecule has 1 N–H and O–H groups in total. The molecule has 0 atom stereocenters. The molecule has 0 aliphatic heterocycles. The molecule has 0 spiro atoms. The van der Waals surface area contributed by atoms with Crippen LogP contribution in [-0.4, -0.2) is 26.2 Å². The maximum Gasteiger partial charge on any atom is 0.251 e. The first-order chi connectivity index (χ1) is 14.7. The number of carbonyl (C=O) groups is 1. The highest BCUT2D eigenvalue weighted by atomic mass is 16.5. The van der Waals surface area contributed by atoms with Gasteiger partial charge in [0.25, 0.3) is 5.91 Å². The summed E-state index contributed by atoms with van der Waals surface area (Å²) in [4.78, 5) is 12.6. The molecule has 1 amide bonds. The second-order valence-electron chi connectivity index (χ2n) is 7.33. The highest BCUT2D eigenvalue weighted by Crippen LogP contribution is 2.24. The topological polar surface area (TPSA) is 56.8 Å². The van der Waals surface area contributed by atoms with Gasteiger partial charge in [-0.2, -0.15) is 0 Å². The number of methoxy groups -OCH3 is 1. The normalized spacial score (nSPS) is 13.3. The van der Waals surface area contributed by atoms with Gasteiger partial charge in [-0.15, -0.1) is 0 Å². The molecule has 0 fully saturated rings. The number of rotatable bonds is 10. The summed E-state index contributed by atoms with van der Waals surface area (Å²) in [5.74, 6) is 2.17. The van der Waals surface area contributed by atoms with Gasteiger partial charge in [0.05, 0.1) is 13.7 Å². The van der Waals surface area contributed by atoms with E-state index in [1.165, 1.54) is 24.8 Å². The Bertz CT molecular complexity index is 858. The second kappa shape index (κ2) is 11.3. The first-order valence-corrected chi connectivity index (χ1v) is 10.7. The third-order valence-corrected chi connectivity index (χ3v) is 5.19. The van der Waals surface area contributed by atoms with Crippen molar-refractivity contribution in [1.29, 1.82) is 0 Å². The van der Waals surface area contributed by atoms with Gasteiger partial charge in [0.1, 0.15) is 23.9 Å². The fourth-order valence-corrected chi connectivity index (χ4v) is 3.53. The number of amides is 1. The fraction of sp³-hybridized carbons (Fsp3) is 0.400. The van der Waals surface area contributed by atoms with Crippen LogP contribution < -0.4 is 19.5 Å². The molecule has 0 bridgehead atoms. The van der Waals surface area contributed by atoms with Crippen molar-refractivity contribution in [2.75, 3.05) is 20.3 Å². The molecule has 1 aliphatic carbocycles. The van der Waals surface area contributed by atoms with Gasteiger partial charge in [0.15, 0.2) is 0 Å². The zero-order chi connectivity index (χ0) is 21.2. The highest BCUT2D eigenvalue weighted by Gasteiger charge is 2.12. The van der Waals surface area contributed by atoms with Gasteiger partial charge in [-0.25, -0.2) is 0 Å². The van der Waals surface area contributed by atoms with Gasteiger partial charge in [0, 0.05) is 17.7 Å². The van der Waals surface area contributed by atoms with E-state index >= 15 is 0 Å². The monoisotopic (exact) mass is 409 g/mol. The van der Waals surface area contributed by atoms with E-state index in [-0.39, 0.29) is 5.91 Å². The van der Waals surface area contributed by atoms with Crippen molar-refractivity contribution in [3.05, 3.63) is 65.2 Å². The van der Waals surface area contributed by atoms with E-state index in [4.69, 9.17) is 14.2 Å². The summed E-state index contributed by atoms with van der Waals surface area (Å²) in [5, 5.41) is 3.04. The minimum Gasteiger partial charge on any atom is -0.497 e. The van der Waals surface area contributed by atoms with E-state index in [1.807, 2.05) is 43.3 Å². The predicted molar refractivity (Wildman–Crippen MR) is 118 cm³/mol. The average molecular weight is 410 g/mol. The summed E-state index contributed by atoms with van der Waals surface area (Å²) in [6.07, 6.45) is 8.11. The molecule has 2 aromatic rings. The maximum absolute atomic E-state index is 12.6. The quantitative estimate of drug-likeness (QED) is 0.542. The summed E-state index contributed by atoms with van der Waals surface area (Å²) in [5.41, 5.74) is 2.92. The number of ether oxygens (including phenoxy) is 3. The third-order valence-electron chi connectivity index (χ3n) is 5.19. The zero-order valence-electron chi connectivity index (χ0n) is 17.9. The summed E-state index contributed by atoms with van der Waals surface area (Å²) in [6, 6.07) is 12.9. The SMILES string of the molecule is CCOc1ccc(C(=O)NCCC2=CCCCC2)cc1COc1ccc(OC)cc1. The van der Waals surface area contributed by atoms with Gasteiger partial charge < -0.3 is 19.5 Å². The molecular formula is C25H31NO4. The first kappa shape index (κ1) is 21.8. The number of benzene rings is 2. The lowest BCUT2D eigenvalue weighted by Gasteiger charge is -2.15. The van der Waals surface area contributed by atoms with E-state index in [0.29, 0.717) is 25.3 Å². The third kappa shape index (κ3) is 6.28. The lowest BCUT2D eigenvalue weighted by atomic mass is 9.97. The number of hydrogen-bond acceptors (Lipinski definition) is 4. The van der Waals surface area contributed by atoms with E-state index < -0.39 is 0 Å². The predicted octanol–water partition coefficient (Wildman–Crippen LogP) is 5.29. The molecule has 160 valence electrons. The molecule has 5 nitrogen and oxygen atoms in total. The zero-order valence-corrected chi connectivity index (χ0v) is 17.9. The summed E-state index contributed by atoms with van der Waals surface area (Å²) in [7, 11) is 1.63. The van der Waals surface area contributed by atoms with Crippen molar-refractivity contribution in [2.24, 2.45) is 0 Å². The molecular weight excluding hydrogens is 378 g/mol. The average Bonchev–Trinajstić information content (AvgIpc) is 2.79. The molecule has 0 aromatic heterocycles. The van der Waals surface area contributed by atoms with Crippen LogP contribution in [-0.2, 0) is 6.61 Å². The van der Waals surface area contributed by atoms with Crippen molar-refractivity contribution in [1.82, 2.24) is 5.32 Å². The number of nitrogens with one attached hydrogen (secondary N) is 1. The molecule has 3 rings (SSSR count). The Morgan fingerprint density at radius 3 is 2.53 bits per heavy atom. The Morgan fingerprint density at radius 2 is 1.83 bits per heavy atom. The van der Waals surface area contributed by atoms with Crippen LogP contribution in [0.3, 0.4) is 0 Å². The van der Waals surface area contributed by atoms with Crippen LogP contribution >= 0.6 is 0 Å². The lowest BCUT2D eigenvalue weighted by Crippen LogP contribution is -2.25. The summed E-state index contributed by atoms with van der Waals surface area (Å²) in [6.45, 7) is 3.47. The Morgan fingerprint density at radius 1 is 1.03 bits per heavy atom. The molecule has 2 aromatic carbocycles. The smallest absolute Gasteiger partial charge is 0.251 e. The van der Waals surface area contributed by atoms with E-state index in [9.17, 15) is 4.79 Å². The molecule has 5 heteroatoms. The number of carbonyl (C=O) groups excluding carboxylic acids is 1. The van der Waals surface area contributed by atoms with Crippen molar-refractivity contribution in [3.63, 3.8) is 0 Å². The Labute approximate surface area is 179 Å². The molecule has 1 aliphatic rings. The van der Waals surface area contributed by atoms with Gasteiger partial charge in [-0.3, -0.25) is 4.79 Å². The van der Waals surface area contributed by atoms with Crippen LogP contribution in [0, 0.1) is 0 Å². The molecule has 0 heterocycles. The highest BCUT2D eigenvalue weighted by molar-refractivity contribution is 5.94. The van der Waals surface area contributed by atoms with Gasteiger partial charge in [-0.05, 0) is 81.5 Å². The van der Waals surface area contributed by atoms with Crippen LogP contribution in [0.1, 0.15) is 54.9 Å². The summed E-state index contributed by atoms with van der Waals surface area (Å²) < 4.78 is 16.8. The van der Waals surface area contributed by atoms with Crippen molar-refractivity contribution >= 4 is 5.91 Å². The molecule has 0 saturated carbocycles. The fourth-order valence-electron chi connectivity index (χ4n) is 3.53. The Kier molecular flexibility index (Phi) is 8.19. The van der Waals surface area contributed by atoms with Crippen molar-refractivity contribution in [3.8, 4) is 17.2 Å². The number of hydrogen-bond donors (Lipinski definition) is 1. The minimum absolute atomic E-state index is 0.0693. The van der Waals surface area contributed by atoms with Crippen LogP contribution in [0.25, 0.3) is 0 Å². The Balaban J connectivity index is 1.61. The van der Waals surface area contributed by atoms with Gasteiger partial charge in [-0.1, -0.05) is 11.6 Å². The standard InChI is InChI=1S/C25H31NO4/c1-3-29-24-14-9-20(25(27)26-16-15-19-7-5-4-6-8-19)17-21(24)18-30-23-12-10-22(28-2)11-13-23/h7,9-14,17H,3-6,8,15-16,18H2,1-2H3,(H,26,27). The molecule has 0 saturated heterocycles. The van der Waals surface area contributed by atoms with Gasteiger partial charge >= 0.3 is 0 Å². The van der Waals surface area contributed by atoms with Crippen LogP contribution in [0.2, 0.25) is 0 Å². The van der Waals surface area contributed by atoms with E-state index in [0.717, 1.165) is 35.7 Å². The minimum atomic E-state index is -0.0693.